The molecule has 0 saturated heterocycles. The van der Waals surface area contributed by atoms with E-state index in [4.69, 9.17) is 5.73 Å². The third-order valence-electron chi connectivity index (χ3n) is 2.23. The maximum Gasteiger partial charge on any atom is 0.144 e. The van der Waals surface area contributed by atoms with Crippen molar-refractivity contribution in [2.75, 3.05) is 6.54 Å². The Morgan fingerprint density at radius 1 is 1.57 bits per heavy atom. The van der Waals surface area contributed by atoms with Gasteiger partial charge in [-0.05, 0) is 28.1 Å². The summed E-state index contributed by atoms with van der Waals surface area (Å²) in [5, 5.41) is 0. The summed E-state index contributed by atoms with van der Waals surface area (Å²) >= 11 is 4.97. The SMILES string of the molecule is CC(C)(CN)C(=O)Cc1ccc(Br)s1. The van der Waals surface area contributed by atoms with E-state index in [1.165, 1.54) is 0 Å². The minimum absolute atomic E-state index is 0.203. The molecule has 0 bridgehead atoms. The number of thiophene rings is 1. The first kappa shape index (κ1) is 11.9. The molecule has 0 aliphatic heterocycles. The first-order valence-electron chi connectivity index (χ1n) is 4.43. The largest absolute Gasteiger partial charge is 0.329 e. The maximum absolute atomic E-state index is 11.8. The van der Waals surface area contributed by atoms with Crippen molar-refractivity contribution < 1.29 is 4.79 Å². The number of nitrogens with two attached hydrogens (primary N) is 1. The Bertz CT molecular complexity index is 333. The molecule has 14 heavy (non-hydrogen) atoms. The Morgan fingerprint density at radius 3 is 2.64 bits per heavy atom. The first-order chi connectivity index (χ1) is 6.45. The predicted molar refractivity (Wildman–Crippen MR) is 63.6 cm³/mol. The number of rotatable bonds is 4. The van der Waals surface area contributed by atoms with Gasteiger partial charge in [0.05, 0.1) is 3.79 Å². The van der Waals surface area contributed by atoms with Gasteiger partial charge in [-0.3, -0.25) is 4.79 Å². The van der Waals surface area contributed by atoms with E-state index < -0.39 is 5.41 Å². The molecule has 0 unspecified atom stereocenters. The number of Topliss-reactive ketones (excluding diaryl/α,β-unsaturated/α-hetero) is 1. The molecule has 0 fully saturated rings. The van der Waals surface area contributed by atoms with Crippen molar-refractivity contribution in [3.63, 3.8) is 0 Å². The number of carbonyl (C=O) groups excluding carboxylic acids is 1. The lowest BCUT2D eigenvalue weighted by Crippen LogP contribution is -2.33. The summed E-state index contributed by atoms with van der Waals surface area (Å²) < 4.78 is 1.06. The van der Waals surface area contributed by atoms with Crippen molar-refractivity contribution in [1.29, 1.82) is 0 Å². The number of ketones is 1. The summed E-state index contributed by atoms with van der Waals surface area (Å²) in [5.41, 5.74) is 5.13. The molecule has 0 radical (unpaired) electrons. The molecule has 0 aromatic carbocycles. The Balaban J connectivity index is 2.66. The lowest BCUT2D eigenvalue weighted by Gasteiger charge is -2.19. The van der Waals surface area contributed by atoms with Gasteiger partial charge in [-0.2, -0.15) is 0 Å². The summed E-state index contributed by atoms with van der Waals surface area (Å²) in [6.45, 7) is 4.17. The Kier molecular flexibility index (Phi) is 3.86. The monoisotopic (exact) mass is 275 g/mol. The van der Waals surface area contributed by atoms with Gasteiger partial charge in [0.25, 0.3) is 0 Å². The van der Waals surface area contributed by atoms with Gasteiger partial charge in [-0.1, -0.05) is 13.8 Å². The summed E-state index contributed by atoms with van der Waals surface area (Å²) in [4.78, 5) is 12.9. The number of hydrogen-bond donors (Lipinski definition) is 1. The highest BCUT2D eigenvalue weighted by Gasteiger charge is 2.25. The van der Waals surface area contributed by atoms with E-state index in [0.717, 1.165) is 8.66 Å². The van der Waals surface area contributed by atoms with Gasteiger partial charge in [0, 0.05) is 23.3 Å². The van der Waals surface area contributed by atoms with Crippen LogP contribution in [0.2, 0.25) is 0 Å². The fraction of sp³-hybridized carbons (Fsp3) is 0.500. The van der Waals surface area contributed by atoms with Gasteiger partial charge in [-0.25, -0.2) is 0 Å². The quantitative estimate of drug-likeness (QED) is 0.918. The lowest BCUT2D eigenvalue weighted by molar-refractivity contribution is -0.125. The normalized spacial score (nSPS) is 11.7. The fourth-order valence-electron chi connectivity index (χ4n) is 0.958. The van der Waals surface area contributed by atoms with Gasteiger partial charge >= 0.3 is 0 Å². The van der Waals surface area contributed by atoms with E-state index in [1.54, 1.807) is 11.3 Å². The first-order valence-corrected chi connectivity index (χ1v) is 6.04. The van der Waals surface area contributed by atoms with Gasteiger partial charge in [0.1, 0.15) is 5.78 Å². The van der Waals surface area contributed by atoms with Crippen LogP contribution in [0.1, 0.15) is 18.7 Å². The summed E-state index contributed by atoms with van der Waals surface area (Å²) in [6, 6.07) is 3.93. The van der Waals surface area contributed by atoms with E-state index in [9.17, 15) is 4.79 Å². The molecule has 0 atom stereocenters. The highest BCUT2D eigenvalue weighted by atomic mass is 79.9. The van der Waals surface area contributed by atoms with Crippen LogP contribution in [0, 0.1) is 5.41 Å². The second kappa shape index (κ2) is 4.55. The lowest BCUT2D eigenvalue weighted by atomic mass is 9.86. The average Bonchev–Trinajstić information content (AvgIpc) is 2.51. The molecular weight excluding hydrogens is 262 g/mol. The van der Waals surface area contributed by atoms with E-state index in [0.29, 0.717) is 13.0 Å². The second-order valence-corrected chi connectivity index (χ2v) is 6.44. The molecule has 0 aliphatic carbocycles. The van der Waals surface area contributed by atoms with Gasteiger partial charge < -0.3 is 5.73 Å². The van der Waals surface area contributed by atoms with Crippen molar-refractivity contribution >= 4 is 33.0 Å². The molecule has 78 valence electrons. The van der Waals surface area contributed by atoms with Crippen LogP contribution in [0.3, 0.4) is 0 Å². The summed E-state index contributed by atoms with van der Waals surface area (Å²) in [7, 11) is 0. The molecule has 0 amide bonds. The van der Waals surface area contributed by atoms with Gasteiger partial charge in [-0.15, -0.1) is 11.3 Å². The van der Waals surface area contributed by atoms with Crippen molar-refractivity contribution in [2.45, 2.75) is 20.3 Å². The maximum atomic E-state index is 11.8. The fourth-order valence-corrected chi connectivity index (χ4v) is 2.44. The Hall–Kier alpha value is -0.190. The van der Waals surface area contributed by atoms with Crippen LogP contribution in [-0.4, -0.2) is 12.3 Å². The van der Waals surface area contributed by atoms with Crippen LogP contribution in [0.25, 0.3) is 0 Å². The van der Waals surface area contributed by atoms with E-state index in [-0.39, 0.29) is 5.78 Å². The van der Waals surface area contributed by atoms with Crippen LogP contribution >= 0.6 is 27.3 Å². The van der Waals surface area contributed by atoms with Crippen LogP contribution in [0.15, 0.2) is 15.9 Å². The van der Waals surface area contributed by atoms with Crippen LogP contribution in [-0.2, 0) is 11.2 Å². The molecule has 0 spiro atoms. The van der Waals surface area contributed by atoms with E-state index >= 15 is 0 Å². The van der Waals surface area contributed by atoms with Crippen molar-refractivity contribution in [1.82, 2.24) is 0 Å². The molecule has 2 N–H and O–H groups in total. The molecule has 1 heterocycles. The average molecular weight is 276 g/mol. The molecule has 2 nitrogen and oxygen atoms in total. The Morgan fingerprint density at radius 2 is 2.21 bits per heavy atom. The second-order valence-electron chi connectivity index (χ2n) is 3.89. The smallest absolute Gasteiger partial charge is 0.144 e. The molecule has 4 heteroatoms. The third-order valence-corrected chi connectivity index (χ3v) is 3.85. The van der Waals surface area contributed by atoms with E-state index in [1.807, 2.05) is 26.0 Å². The molecule has 1 rings (SSSR count). The summed E-state index contributed by atoms with van der Waals surface area (Å²) in [5.74, 6) is 0.203. The van der Waals surface area contributed by atoms with Gasteiger partial charge in [0.2, 0.25) is 0 Å². The molecule has 1 aromatic rings. The van der Waals surface area contributed by atoms with Crippen LogP contribution < -0.4 is 5.73 Å². The zero-order valence-electron chi connectivity index (χ0n) is 8.34. The van der Waals surface area contributed by atoms with Crippen molar-refractivity contribution in [2.24, 2.45) is 11.1 Å². The zero-order valence-corrected chi connectivity index (χ0v) is 10.7. The predicted octanol–water partition coefficient (Wildman–Crippen LogP) is 2.61. The van der Waals surface area contributed by atoms with Crippen molar-refractivity contribution in [3.8, 4) is 0 Å². The molecular formula is C10H14BrNOS. The highest BCUT2D eigenvalue weighted by Crippen LogP contribution is 2.25. The number of hydrogen-bond acceptors (Lipinski definition) is 3. The number of halogens is 1. The minimum Gasteiger partial charge on any atom is -0.329 e. The molecule has 1 aromatic heterocycles. The van der Waals surface area contributed by atoms with Gasteiger partial charge in [0.15, 0.2) is 0 Å². The van der Waals surface area contributed by atoms with E-state index in [2.05, 4.69) is 15.9 Å². The Labute approximate surface area is 96.6 Å². The zero-order chi connectivity index (χ0) is 10.8. The number of carbonyl (C=O) groups is 1. The summed E-state index contributed by atoms with van der Waals surface area (Å²) in [6.07, 6.45) is 0.487. The molecule has 0 saturated carbocycles. The molecule has 0 aliphatic rings. The highest BCUT2D eigenvalue weighted by molar-refractivity contribution is 9.11. The standard InChI is InChI=1S/C10H14BrNOS/c1-10(2,6-12)8(13)5-7-3-4-9(11)14-7/h3-4H,5-6,12H2,1-2H3. The van der Waals surface area contributed by atoms with Crippen LogP contribution in [0.4, 0.5) is 0 Å². The van der Waals surface area contributed by atoms with Crippen molar-refractivity contribution in [3.05, 3.63) is 20.8 Å². The van der Waals surface area contributed by atoms with Crippen LogP contribution in [0.5, 0.6) is 0 Å². The topological polar surface area (TPSA) is 43.1 Å². The minimum atomic E-state index is -0.406. The third kappa shape index (κ3) is 2.90.